The number of amides is 1. The molecule has 0 atom stereocenters. The molecule has 3 heteroatoms. The second-order valence-corrected chi connectivity index (χ2v) is 10.1. The smallest absolute Gasteiger partial charge is 0.261 e. The van der Waals surface area contributed by atoms with E-state index in [4.69, 9.17) is 0 Å². The summed E-state index contributed by atoms with van der Waals surface area (Å²) < 4.78 is 0. The zero-order valence-corrected chi connectivity index (χ0v) is 19.9. The molecule has 0 saturated carbocycles. The highest BCUT2D eigenvalue weighted by Crippen LogP contribution is 2.40. The van der Waals surface area contributed by atoms with Crippen LogP contribution in [0.2, 0.25) is 0 Å². The van der Waals surface area contributed by atoms with Crippen LogP contribution in [0.3, 0.4) is 0 Å². The minimum absolute atomic E-state index is 0.0584. The first-order valence-corrected chi connectivity index (χ1v) is 12.1. The van der Waals surface area contributed by atoms with Crippen molar-refractivity contribution < 1.29 is 4.79 Å². The number of hydrogen-bond donors (Lipinski definition) is 1. The minimum atomic E-state index is 0.0584. The molecule has 0 radical (unpaired) electrons. The molecule has 160 valence electrons. The van der Waals surface area contributed by atoms with Crippen molar-refractivity contribution in [2.45, 2.75) is 86.0 Å². The van der Waals surface area contributed by atoms with E-state index < -0.39 is 0 Å². The molecule has 0 fully saturated rings. The van der Waals surface area contributed by atoms with E-state index in [0.717, 1.165) is 22.7 Å². The standard InChI is InChI=1S/C26H39NOS/c1-6-7-8-9-10-18-27-25(28)24-16-14-22(29-24)19-20(2)13-15-23-21(3)12-11-17-26(23,4)5/h13-16,19H,6-12,17-18H2,1-5H3,(H,27,28). The molecule has 0 aliphatic heterocycles. The quantitative estimate of drug-likeness (QED) is 0.306. The van der Waals surface area contributed by atoms with Crippen LogP contribution in [-0.2, 0) is 0 Å². The maximum atomic E-state index is 12.3. The molecular formula is C26H39NOS. The summed E-state index contributed by atoms with van der Waals surface area (Å²) in [6.45, 7) is 12.1. The molecule has 1 heterocycles. The zero-order chi connectivity index (χ0) is 21.3. The van der Waals surface area contributed by atoms with E-state index >= 15 is 0 Å². The third-order valence-electron chi connectivity index (χ3n) is 5.84. The lowest BCUT2D eigenvalue weighted by molar-refractivity contribution is 0.0957. The topological polar surface area (TPSA) is 29.1 Å². The Labute approximate surface area is 182 Å². The Balaban J connectivity index is 1.91. The Kier molecular flexibility index (Phi) is 9.42. The maximum Gasteiger partial charge on any atom is 0.261 e. The van der Waals surface area contributed by atoms with Crippen molar-refractivity contribution in [1.29, 1.82) is 0 Å². The van der Waals surface area contributed by atoms with Gasteiger partial charge in [0.05, 0.1) is 4.88 Å². The van der Waals surface area contributed by atoms with Gasteiger partial charge in [0.1, 0.15) is 0 Å². The minimum Gasteiger partial charge on any atom is -0.351 e. The second kappa shape index (κ2) is 11.5. The molecular weight excluding hydrogens is 374 g/mol. The van der Waals surface area contributed by atoms with Crippen molar-refractivity contribution in [1.82, 2.24) is 5.32 Å². The van der Waals surface area contributed by atoms with Gasteiger partial charge in [0.25, 0.3) is 5.91 Å². The van der Waals surface area contributed by atoms with Crippen LogP contribution in [0.4, 0.5) is 0 Å². The second-order valence-electron chi connectivity index (χ2n) is 9.03. The van der Waals surface area contributed by atoms with Crippen LogP contribution < -0.4 is 5.32 Å². The summed E-state index contributed by atoms with van der Waals surface area (Å²) >= 11 is 1.57. The van der Waals surface area contributed by atoms with Gasteiger partial charge in [-0.05, 0) is 74.3 Å². The molecule has 2 nitrogen and oxygen atoms in total. The van der Waals surface area contributed by atoms with Gasteiger partial charge < -0.3 is 5.32 Å². The number of thiophene rings is 1. The van der Waals surface area contributed by atoms with Crippen LogP contribution in [0.5, 0.6) is 0 Å². The van der Waals surface area contributed by atoms with E-state index in [9.17, 15) is 4.79 Å². The van der Waals surface area contributed by atoms with Crippen molar-refractivity contribution in [2.75, 3.05) is 6.54 Å². The first-order valence-electron chi connectivity index (χ1n) is 11.3. The van der Waals surface area contributed by atoms with Crippen LogP contribution >= 0.6 is 11.3 Å². The molecule has 0 saturated heterocycles. The van der Waals surface area contributed by atoms with Crippen molar-refractivity contribution in [3.8, 4) is 0 Å². The zero-order valence-electron chi connectivity index (χ0n) is 19.1. The molecule has 0 unspecified atom stereocenters. The van der Waals surface area contributed by atoms with Crippen molar-refractivity contribution in [3.63, 3.8) is 0 Å². The van der Waals surface area contributed by atoms with Gasteiger partial charge in [-0.15, -0.1) is 11.3 Å². The number of allylic oxidation sites excluding steroid dienone is 5. The Morgan fingerprint density at radius 2 is 1.97 bits per heavy atom. The summed E-state index contributed by atoms with van der Waals surface area (Å²) in [7, 11) is 0. The van der Waals surface area contributed by atoms with Gasteiger partial charge in [0.2, 0.25) is 0 Å². The monoisotopic (exact) mass is 413 g/mol. The molecule has 0 aromatic carbocycles. The third kappa shape index (κ3) is 7.62. The van der Waals surface area contributed by atoms with Gasteiger partial charge in [-0.25, -0.2) is 0 Å². The third-order valence-corrected chi connectivity index (χ3v) is 6.87. The highest BCUT2D eigenvalue weighted by Gasteiger charge is 2.26. The molecule has 29 heavy (non-hydrogen) atoms. The van der Waals surface area contributed by atoms with Gasteiger partial charge >= 0.3 is 0 Å². The average Bonchev–Trinajstić information content (AvgIpc) is 3.12. The molecule has 1 aliphatic rings. The molecule has 2 rings (SSSR count). The fraction of sp³-hybridized carbons (Fsp3) is 0.577. The summed E-state index contributed by atoms with van der Waals surface area (Å²) in [5.74, 6) is 0.0584. The summed E-state index contributed by atoms with van der Waals surface area (Å²) in [5, 5.41) is 3.06. The summed E-state index contributed by atoms with van der Waals surface area (Å²) in [6.07, 6.45) is 16.5. The van der Waals surface area contributed by atoms with Gasteiger partial charge in [0.15, 0.2) is 0 Å². The fourth-order valence-corrected chi connectivity index (χ4v) is 5.00. The van der Waals surface area contributed by atoms with Crippen LogP contribution in [0.25, 0.3) is 6.08 Å². The van der Waals surface area contributed by atoms with Crippen molar-refractivity contribution in [3.05, 3.63) is 50.8 Å². The number of carbonyl (C=O) groups excluding carboxylic acids is 1. The lowest BCUT2D eigenvalue weighted by atomic mass is 9.72. The number of hydrogen-bond acceptors (Lipinski definition) is 2. The van der Waals surface area contributed by atoms with Crippen LogP contribution in [0, 0.1) is 5.41 Å². The summed E-state index contributed by atoms with van der Waals surface area (Å²) in [4.78, 5) is 14.3. The van der Waals surface area contributed by atoms with E-state index in [-0.39, 0.29) is 11.3 Å². The van der Waals surface area contributed by atoms with E-state index in [1.54, 1.807) is 11.3 Å². The van der Waals surface area contributed by atoms with Gasteiger partial charge in [0, 0.05) is 11.4 Å². The van der Waals surface area contributed by atoms with Gasteiger partial charge in [-0.3, -0.25) is 4.79 Å². The van der Waals surface area contributed by atoms with Gasteiger partial charge in [-0.2, -0.15) is 0 Å². The number of carbonyl (C=O) groups is 1. The first kappa shape index (κ1) is 23.7. The molecule has 1 aromatic rings. The maximum absolute atomic E-state index is 12.3. The summed E-state index contributed by atoms with van der Waals surface area (Å²) in [6, 6.07) is 3.99. The molecule has 1 amide bonds. The van der Waals surface area contributed by atoms with E-state index in [0.29, 0.717) is 0 Å². The number of unbranched alkanes of at least 4 members (excludes halogenated alkanes) is 4. The Bertz CT molecular complexity index is 763. The number of nitrogens with one attached hydrogen (secondary N) is 1. The molecule has 1 aliphatic carbocycles. The lowest BCUT2D eigenvalue weighted by Gasteiger charge is -2.32. The first-order chi connectivity index (χ1) is 13.8. The van der Waals surface area contributed by atoms with E-state index in [1.807, 2.05) is 12.1 Å². The predicted molar refractivity (Wildman–Crippen MR) is 129 cm³/mol. The Morgan fingerprint density at radius 3 is 2.69 bits per heavy atom. The van der Waals surface area contributed by atoms with Crippen LogP contribution in [-0.4, -0.2) is 12.5 Å². The Morgan fingerprint density at radius 1 is 1.21 bits per heavy atom. The van der Waals surface area contributed by atoms with Crippen molar-refractivity contribution >= 4 is 23.3 Å². The van der Waals surface area contributed by atoms with Crippen LogP contribution in [0.1, 0.15) is 101 Å². The molecule has 0 spiro atoms. The SMILES string of the molecule is CCCCCCCNC(=O)c1ccc(C=C(C)C=CC2=C(C)CCCC2(C)C)s1. The molecule has 0 bridgehead atoms. The Hall–Kier alpha value is -1.61. The molecule has 1 N–H and O–H groups in total. The normalized spacial score (nSPS) is 17.2. The highest BCUT2D eigenvalue weighted by molar-refractivity contribution is 7.14. The lowest BCUT2D eigenvalue weighted by Crippen LogP contribution is -2.23. The average molecular weight is 414 g/mol. The van der Waals surface area contributed by atoms with Crippen molar-refractivity contribution in [2.24, 2.45) is 5.41 Å². The fourth-order valence-electron chi connectivity index (χ4n) is 4.07. The molecule has 1 aromatic heterocycles. The van der Waals surface area contributed by atoms with E-state index in [2.05, 4.69) is 58.2 Å². The van der Waals surface area contributed by atoms with Gasteiger partial charge in [-0.1, -0.05) is 64.2 Å². The van der Waals surface area contributed by atoms with Crippen LogP contribution in [0.15, 0.2) is 41.0 Å². The highest BCUT2D eigenvalue weighted by atomic mass is 32.1. The summed E-state index contributed by atoms with van der Waals surface area (Å²) in [5.41, 5.74) is 4.50. The largest absolute Gasteiger partial charge is 0.351 e. The number of rotatable bonds is 10. The predicted octanol–water partition coefficient (Wildman–Crippen LogP) is 7.93. The van der Waals surface area contributed by atoms with E-state index in [1.165, 1.54) is 61.7 Å².